The maximum atomic E-state index is 12.0. The third kappa shape index (κ3) is 2.08. The van der Waals surface area contributed by atoms with E-state index in [0.29, 0.717) is 18.0 Å². The topological polar surface area (TPSA) is 32.3 Å². The van der Waals surface area contributed by atoms with Crippen molar-refractivity contribution in [2.45, 2.75) is 57.7 Å². The highest BCUT2D eigenvalue weighted by Gasteiger charge is 2.37. The molecule has 1 aliphatic carbocycles. The Morgan fingerprint density at radius 1 is 1.36 bits per heavy atom. The van der Waals surface area contributed by atoms with Gasteiger partial charge in [0.25, 0.3) is 0 Å². The average Bonchev–Trinajstić information content (AvgIpc) is 2.91. The van der Waals surface area contributed by atoms with E-state index in [-0.39, 0.29) is 6.04 Å². The molecule has 0 spiro atoms. The summed E-state index contributed by atoms with van der Waals surface area (Å²) >= 11 is 0. The number of rotatable bonds is 3. The molecule has 1 unspecified atom stereocenters. The second-order valence-electron chi connectivity index (χ2n) is 4.78. The lowest BCUT2D eigenvalue weighted by atomic mass is 10.0. The maximum absolute atomic E-state index is 12.0. The largest absolute Gasteiger partial charge is 0.338 e. The number of likely N-dealkylation sites (tertiary alicyclic amines) is 1. The van der Waals surface area contributed by atoms with Gasteiger partial charge in [0, 0.05) is 18.6 Å². The highest BCUT2D eigenvalue weighted by atomic mass is 16.2. The lowest BCUT2D eigenvalue weighted by Crippen LogP contribution is -2.53. The number of amides is 1. The van der Waals surface area contributed by atoms with Gasteiger partial charge in [-0.25, -0.2) is 0 Å². The number of piperidine rings is 1. The summed E-state index contributed by atoms with van der Waals surface area (Å²) in [6.45, 7) is 5.19. The summed E-state index contributed by atoms with van der Waals surface area (Å²) in [6.07, 6.45) is 4.62. The molecule has 1 aliphatic heterocycles. The van der Waals surface area contributed by atoms with Gasteiger partial charge in [0.2, 0.25) is 5.91 Å². The zero-order chi connectivity index (χ0) is 10.1. The molecule has 3 nitrogen and oxygen atoms in total. The van der Waals surface area contributed by atoms with Crippen LogP contribution in [0.25, 0.3) is 0 Å². The highest BCUT2D eigenvalue weighted by molar-refractivity contribution is 5.83. The molecule has 2 fully saturated rings. The number of nitrogens with one attached hydrogen (secondary N) is 1. The van der Waals surface area contributed by atoms with Crippen LogP contribution in [0.2, 0.25) is 0 Å². The fourth-order valence-corrected chi connectivity index (χ4v) is 2.21. The fraction of sp³-hybridized carbons (Fsp3) is 0.909. The van der Waals surface area contributed by atoms with E-state index < -0.39 is 0 Å². The number of carbonyl (C=O) groups is 1. The Hall–Kier alpha value is -0.570. The molecule has 0 bridgehead atoms. The lowest BCUT2D eigenvalue weighted by molar-refractivity contribution is -0.136. The second kappa shape index (κ2) is 3.89. The van der Waals surface area contributed by atoms with E-state index in [9.17, 15) is 4.79 Å². The van der Waals surface area contributed by atoms with Gasteiger partial charge in [-0.05, 0) is 25.7 Å². The van der Waals surface area contributed by atoms with Gasteiger partial charge in [-0.3, -0.25) is 4.79 Å². The van der Waals surface area contributed by atoms with Gasteiger partial charge < -0.3 is 10.2 Å². The van der Waals surface area contributed by atoms with Crippen LogP contribution < -0.4 is 5.32 Å². The third-order valence-corrected chi connectivity index (χ3v) is 3.00. The van der Waals surface area contributed by atoms with Crippen molar-refractivity contribution in [2.75, 3.05) is 6.54 Å². The van der Waals surface area contributed by atoms with E-state index in [1.54, 1.807) is 0 Å². The Labute approximate surface area is 85.8 Å². The number of nitrogens with zero attached hydrogens (tertiary/aromatic N) is 1. The molecule has 0 aromatic heterocycles. The van der Waals surface area contributed by atoms with Gasteiger partial charge in [0.1, 0.15) is 0 Å². The van der Waals surface area contributed by atoms with Gasteiger partial charge in [-0.2, -0.15) is 0 Å². The summed E-state index contributed by atoms with van der Waals surface area (Å²) < 4.78 is 0. The first-order valence-electron chi connectivity index (χ1n) is 5.75. The van der Waals surface area contributed by atoms with E-state index in [4.69, 9.17) is 0 Å². The Morgan fingerprint density at radius 2 is 2.07 bits per heavy atom. The van der Waals surface area contributed by atoms with Crippen molar-refractivity contribution in [3.63, 3.8) is 0 Å². The van der Waals surface area contributed by atoms with E-state index in [0.717, 1.165) is 19.4 Å². The van der Waals surface area contributed by atoms with Crippen molar-refractivity contribution < 1.29 is 4.79 Å². The second-order valence-corrected chi connectivity index (χ2v) is 4.78. The highest BCUT2D eigenvalue weighted by Crippen LogP contribution is 2.30. The van der Waals surface area contributed by atoms with Gasteiger partial charge >= 0.3 is 0 Å². The van der Waals surface area contributed by atoms with Crippen molar-refractivity contribution in [2.24, 2.45) is 0 Å². The first-order chi connectivity index (χ1) is 6.68. The molecule has 2 aliphatic rings. The smallest absolute Gasteiger partial charge is 0.239 e. The standard InChI is InChI=1S/C11H20N2O/c1-8(2)12-10-4-3-7-13(11(10)14)9-5-6-9/h8-10,12H,3-7H2,1-2H3. The molecule has 1 N–H and O–H groups in total. The molecule has 0 radical (unpaired) electrons. The minimum atomic E-state index is 0.0874. The molecular weight excluding hydrogens is 176 g/mol. The Bertz CT molecular complexity index is 223. The van der Waals surface area contributed by atoms with Crippen LogP contribution in [0.5, 0.6) is 0 Å². The van der Waals surface area contributed by atoms with Crippen LogP contribution in [-0.2, 0) is 4.79 Å². The number of hydrogen-bond acceptors (Lipinski definition) is 2. The molecule has 1 saturated carbocycles. The van der Waals surface area contributed by atoms with Crippen LogP contribution in [0, 0.1) is 0 Å². The SMILES string of the molecule is CC(C)NC1CCCN(C2CC2)C1=O. The van der Waals surface area contributed by atoms with Crippen LogP contribution in [0.4, 0.5) is 0 Å². The van der Waals surface area contributed by atoms with Gasteiger partial charge in [0.05, 0.1) is 6.04 Å². The van der Waals surface area contributed by atoms with Gasteiger partial charge in [-0.1, -0.05) is 13.8 Å². The van der Waals surface area contributed by atoms with E-state index >= 15 is 0 Å². The van der Waals surface area contributed by atoms with Gasteiger partial charge in [-0.15, -0.1) is 0 Å². The summed E-state index contributed by atoms with van der Waals surface area (Å²) in [5, 5.41) is 3.35. The van der Waals surface area contributed by atoms with Crippen molar-refractivity contribution in [3.8, 4) is 0 Å². The molecule has 80 valence electrons. The van der Waals surface area contributed by atoms with Crippen LogP contribution in [0.1, 0.15) is 39.5 Å². The molecular formula is C11H20N2O. The quantitative estimate of drug-likeness (QED) is 0.734. The summed E-state index contributed by atoms with van der Waals surface area (Å²) in [6, 6.07) is 1.08. The predicted octanol–water partition coefficient (Wildman–Crippen LogP) is 1.14. The van der Waals surface area contributed by atoms with Crippen LogP contribution >= 0.6 is 0 Å². The van der Waals surface area contributed by atoms with Crippen molar-refractivity contribution in [1.82, 2.24) is 10.2 Å². The molecule has 3 heteroatoms. The number of carbonyl (C=O) groups excluding carboxylic acids is 1. The van der Waals surface area contributed by atoms with Crippen molar-refractivity contribution in [1.29, 1.82) is 0 Å². The summed E-state index contributed by atoms with van der Waals surface area (Å²) in [4.78, 5) is 14.1. The normalized spacial score (nSPS) is 28.6. The molecule has 1 saturated heterocycles. The predicted molar refractivity (Wildman–Crippen MR) is 56.0 cm³/mol. The summed E-state index contributed by atoms with van der Waals surface area (Å²) in [5.41, 5.74) is 0. The zero-order valence-electron chi connectivity index (χ0n) is 9.12. The first kappa shape index (κ1) is 9.97. The Balaban J connectivity index is 1.93. The Kier molecular flexibility index (Phi) is 2.77. The third-order valence-electron chi connectivity index (χ3n) is 3.00. The monoisotopic (exact) mass is 196 g/mol. The van der Waals surface area contributed by atoms with Crippen LogP contribution in [-0.4, -0.2) is 35.5 Å². The minimum Gasteiger partial charge on any atom is -0.338 e. The van der Waals surface area contributed by atoms with Crippen LogP contribution in [0.15, 0.2) is 0 Å². The van der Waals surface area contributed by atoms with Crippen molar-refractivity contribution >= 4 is 5.91 Å². The Morgan fingerprint density at radius 3 is 2.64 bits per heavy atom. The first-order valence-corrected chi connectivity index (χ1v) is 5.75. The summed E-state index contributed by atoms with van der Waals surface area (Å²) in [5.74, 6) is 0.340. The average molecular weight is 196 g/mol. The molecule has 0 aromatic carbocycles. The van der Waals surface area contributed by atoms with Crippen molar-refractivity contribution in [3.05, 3.63) is 0 Å². The maximum Gasteiger partial charge on any atom is 0.239 e. The molecule has 14 heavy (non-hydrogen) atoms. The van der Waals surface area contributed by atoms with E-state index in [1.807, 2.05) is 0 Å². The van der Waals surface area contributed by atoms with Crippen LogP contribution in [0.3, 0.4) is 0 Å². The molecule has 1 atom stereocenters. The van der Waals surface area contributed by atoms with Gasteiger partial charge in [0.15, 0.2) is 0 Å². The zero-order valence-corrected chi connectivity index (χ0v) is 9.12. The fourth-order valence-electron chi connectivity index (χ4n) is 2.21. The summed E-state index contributed by atoms with van der Waals surface area (Å²) in [7, 11) is 0. The molecule has 2 rings (SSSR count). The molecule has 0 aromatic rings. The lowest BCUT2D eigenvalue weighted by Gasteiger charge is -2.33. The van der Waals surface area contributed by atoms with E-state index in [1.165, 1.54) is 12.8 Å². The molecule has 1 amide bonds. The number of hydrogen-bond donors (Lipinski definition) is 1. The van der Waals surface area contributed by atoms with E-state index in [2.05, 4.69) is 24.1 Å². The minimum absolute atomic E-state index is 0.0874. The molecule has 1 heterocycles.